The van der Waals surface area contributed by atoms with Crippen molar-refractivity contribution in [3.63, 3.8) is 0 Å². The van der Waals surface area contributed by atoms with Crippen LogP contribution in [-0.4, -0.2) is 16.4 Å². The molecule has 0 amide bonds. The summed E-state index contributed by atoms with van der Waals surface area (Å²) in [4.78, 5) is 0. The van der Waals surface area contributed by atoms with E-state index in [0.717, 1.165) is 0 Å². The van der Waals surface area contributed by atoms with Gasteiger partial charge in [-0.15, -0.1) is 0 Å². The van der Waals surface area contributed by atoms with Gasteiger partial charge in [0.1, 0.15) is 0 Å². The van der Waals surface area contributed by atoms with Gasteiger partial charge < -0.3 is 16.4 Å². The van der Waals surface area contributed by atoms with Crippen molar-refractivity contribution in [2.24, 2.45) is 0 Å². The van der Waals surface area contributed by atoms with E-state index in [4.69, 9.17) is 0 Å². The molecule has 0 aromatic heterocycles. The minimum absolute atomic E-state index is 0. The summed E-state index contributed by atoms with van der Waals surface area (Å²) in [6.45, 7) is 0. The molecule has 5 heavy (non-hydrogen) atoms. The molecule has 29 valence electrons. The zero-order valence-electron chi connectivity index (χ0n) is 2.85. The standard InChI is InChI=1S/Fe.Na.3H2O/h;;3*1H2/q+3;+1;;;. The Morgan fingerprint density at radius 1 is 0.600 bits per heavy atom. The minimum Gasteiger partial charge on any atom is -0.412 e. The second-order valence-corrected chi connectivity index (χ2v) is 0. The second-order valence-electron chi connectivity index (χ2n) is 0. The molecule has 0 aromatic rings. The van der Waals surface area contributed by atoms with E-state index >= 15 is 0 Å². The van der Waals surface area contributed by atoms with Crippen molar-refractivity contribution in [3.05, 3.63) is 0 Å². The van der Waals surface area contributed by atoms with Crippen molar-refractivity contribution in [2.45, 2.75) is 0 Å². The van der Waals surface area contributed by atoms with E-state index in [1.54, 1.807) is 0 Å². The van der Waals surface area contributed by atoms with Crippen LogP contribution in [0.1, 0.15) is 0 Å². The molecule has 0 spiro atoms. The fourth-order valence-electron chi connectivity index (χ4n) is 0. The molecule has 0 unspecified atom stereocenters. The third-order valence-electron chi connectivity index (χ3n) is 0. The summed E-state index contributed by atoms with van der Waals surface area (Å²) in [5, 5.41) is 0. The maximum atomic E-state index is 0. The summed E-state index contributed by atoms with van der Waals surface area (Å²) in [6, 6.07) is 0. The molecule has 3 nitrogen and oxygen atoms in total. The second kappa shape index (κ2) is 53.4. The van der Waals surface area contributed by atoms with Gasteiger partial charge in [0, 0.05) is 0 Å². The zero-order chi connectivity index (χ0) is 0. The average molecular weight is 133 g/mol. The van der Waals surface area contributed by atoms with Crippen LogP contribution < -0.4 is 29.6 Å². The molecular weight excluding hydrogens is 127 g/mol. The van der Waals surface area contributed by atoms with E-state index in [9.17, 15) is 0 Å². The predicted molar refractivity (Wildman–Crippen MR) is 10.8 cm³/mol. The van der Waals surface area contributed by atoms with Crippen LogP contribution >= 0.6 is 0 Å². The van der Waals surface area contributed by atoms with Gasteiger partial charge in [-0.2, -0.15) is 0 Å². The van der Waals surface area contributed by atoms with E-state index in [1.165, 1.54) is 0 Å². The van der Waals surface area contributed by atoms with Gasteiger partial charge >= 0.3 is 46.6 Å². The molecule has 0 heterocycles. The van der Waals surface area contributed by atoms with Crippen molar-refractivity contribution in [2.75, 3.05) is 0 Å². The minimum atomic E-state index is 0. The van der Waals surface area contributed by atoms with Crippen LogP contribution in [-0.2, 0) is 17.1 Å². The molecule has 0 bridgehead atoms. The Bertz CT molecular complexity index is 6.85. The summed E-state index contributed by atoms with van der Waals surface area (Å²) in [5.74, 6) is 0. The van der Waals surface area contributed by atoms with Crippen LogP contribution in [0.3, 0.4) is 0 Å². The Kier molecular flexibility index (Phi) is 1020. The largest absolute Gasteiger partial charge is 3.00 e. The first kappa shape index (κ1) is 95.3. The van der Waals surface area contributed by atoms with Gasteiger partial charge in [-0.05, 0) is 0 Å². The first-order valence-electron chi connectivity index (χ1n) is 0. The van der Waals surface area contributed by atoms with Gasteiger partial charge in [0.15, 0.2) is 0 Å². The Morgan fingerprint density at radius 2 is 0.600 bits per heavy atom. The van der Waals surface area contributed by atoms with Crippen molar-refractivity contribution < 1.29 is 63.1 Å². The fourth-order valence-corrected chi connectivity index (χ4v) is 0. The first-order valence-corrected chi connectivity index (χ1v) is 0. The number of hydrogen-bond donors (Lipinski definition) is 0. The molecule has 0 atom stereocenters. The molecule has 0 aliphatic heterocycles. The Balaban J connectivity index is 0. The SMILES string of the molecule is O.O.O.[Fe+3].[Na+]. The summed E-state index contributed by atoms with van der Waals surface area (Å²) in [5.41, 5.74) is 0. The van der Waals surface area contributed by atoms with Gasteiger partial charge in [0.2, 0.25) is 0 Å². The molecule has 0 fully saturated rings. The third-order valence-corrected chi connectivity index (χ3v) is 0. The van der Waals surface area contributed by atoms with Crippen molar-refractivity contribution in [1.29, 1.82) is 0 Å². The van der Waals surface area contributed by atoms with Gasteiger partial charge in [-0.3, -0.25) is 0 Å². The van der Waals surface area contributed by atoms with E-state index in [-0.39, 0.29) is 63.1 Å². The van der Waals surface area contributed by atoms with Crippen molar-refractivity contribution >= 4 is 0 Å². The molecule has 0 rings (SSSR count). The van der Waals surface area contributed by atoms with E-state index in [2.05, 4.69) is 0 Å². The van der Waals surface area contributed by atoms with Crippen LogP contribution in [0, 0.1) is 0 Å². The maximum absolute atomic E-state index is 0. The number of hydrogen-bond acceptors (Lipinski definition) is 0. The Morgan fingerprint density at radius 3 is 0.600 bits per heavy atom. The molecule has 0 saturated carbocycles. The molecule has 0 aromatic carbocycles. The average Bonchev–Trinajstić information content (AvgIpc) is 0. The third kappa shape index (κ3) is 31.9. The van der Waals surface area contributed by atoms with E-state index < -0.39 is 0 Å². The number of rotatable bonds is 0. The smallest absolute Gasteiger partial charge is 0.412 e. The van der Waals surface area contributed by atoms with Crippen molar-refractivity contribution in [3.8, 4) is 0 Å². The van der Waals surface area contributed by atoms with Crippen LogP contribution in [0.2, 0.25) is 0 Å². The summed E-state index contributed by atoms with van der Waals surface area (Å²) in [6.07, 6.45) is 0. The van der Waals surface area contributed by atoms with Gasteiger partial charge in [0.25, 0.3) is 0 Å². The Labute approximate surface area is 62.8 Å². The molecular formula is H6FeNaO3+4. The summed E-state index contributed by atoms with van der Waals surface area (Å²) in [7, 11) is 0. The summed E-state index contributed by atoms with van der Waals surface area (Å²) >= 11 is 0. The van der Waals surface area contributed by atoms with Crippen LogP contribution in [0.5, 0.6) is 0 Å². The van der Waals surface area contributed by atoms with Crippen LogP contribution in [0.15, 0.2) is 0 Å². The van der Waals surface area contributed by atoms with E-state index in [1.807, 2.05) is 0 Å². The van der Waals surface area contributed by atoms with Crippen molar-refractivity contribution in [1.82, 2.24) is 0 Å². The first-order chi connectivity index (χ1) is 0. The maximum Gasteiger partial charge on any atom is 3.00 e. The molecule has 0 saturated heterocycles. The van der Waals surface area contributed by atoms with Gasteiger partial charge in [0.05, 0.1) is 0 Å². The molecule has 1 radical (unpaired) electrons. The van der Waals surface area contributed by atoms with Crippen LogP contribution in [0.25, 0.3) is 0 Å². The Hall–Kier alpha value is 1.40. The van der Waals surface area contributed by atoms with Gasteiger partial charge in [-0.1, -0.05) is 0 Å². The molecule has 0 aliphatic rings. The van der Waals surface area contributed by atoms with Crippen LogP contribution in [0.4, 0.5) is 0 Å². The topological polar surface area (TPSA) is 94.5 Å². The monoisotopic (exact) mass is 133 g/mol. The normalized spacial score (nSPS) is 0. The fraction of sp³-hybridized carbons (Fsp3) is 0. The summed E-state index contributed by atoms with van der Waals surface area (Å²) < 4.78 is 0. The van der Waals surface area contributed by atoms with E-state index in [0.29, 0.717) is 0 Å². The van der Waals surface area contributed by atoms with Gasteiger partial charge in [-0.25, -0.2) is 0 Å². The zero-order valence-corrected chi connectivity index (χ0v) is 5.96. The predicted octanol–water partition coefficient (Wildman–Crippen LogP) is -5.47. The molecule has 6 N–H and O–H groups in total. The quantitative estimate of drug-likeness (QED) is 0.295. The molecule has 0 aliphatic carbocycles. The molecule has 5 heteroatoms.